The van der Waals surface area contributed by atoms with Crippen LogP contribution in [-0.4, -0.2) is 22.7 Å². The number of benzene rings is 1. The molecule has 1 aliphatic heterocycles. The Kier molecular flexibility index (Phi) is 2.01. The highest BCUT2D eigenvalue weighted by Gasteiger charge is 2.17. The number of carbonyl (C=O) groups is 1. The number of hydrogen-bond acceptors (Lipinski definition) is 4. The summed E-state index contributed by atoms with van der Waals surface area (Å²) in [6.07, 6.45) is 1.64. The first kappa shape index (κ1) is 9.71. The molecule has 1 aromatic carbocycles. The van der Waals surface area contributed by atoms with Gasteiger partial charge in [-0.15, -0.1) is 0 Å². The van der Waals surface area contributed by atoms with Crippen LogP contribution in [0, 0.1) is 0 Å². The largest absolute Gasteiger partial charge is 0.482 e. The summed E-state index contributed by atoms with van der Waals surface area (Å²) in [5.41, 5.74) is 8.07. The van der Waals surface area contributed by atoms with Gasteiger partial charge in [0, 0.05) is 5.56 Å². The highest BCUT2D eigenvalue weighted by atomic mass is 16.5. The van der Waals surface area contributed by atoms with Gasteiger partial charge in [-0.3, -0.25) is 9.89 Å². The van der Waals surface area contributed by atoms with Crippen LogP contribution in [0.3, 0.4) is 0 Å². The first-order chi connectivity index (χ1) is 8.24. The van der Waals surface area contributed by atoms with Crippen molar-refractivity contribution in [2.75, 3.05) is 17.7 Å². The summed E-state index contributed by atoms with van der Waals surface area (Å²) in [5.74, 6) is 0.998. The molecule has 6 heteroatoms. The Morgan fingerprint density at radius 3 is 3.06 bits per heavy atom. The zero-order valence-electron chi connectivity index (χ0n) is 8.86. The molecular weight excluding hydrogens is 220 g/mol. The molecule has 3 rings (SSSR count). The van der Waals surface area contributed by atoms with Crippen molar-refractivity contribution in [1.29, 1.82) is 0 Å². The molecule has 0 saturated heterocycles. The van der Waals surface area contributed by atoms with E-state index in [0.29, 0.717) is 17.3 Å². The minimum absolute atomic E-state index is 0.0557. The number of rotatable bonds is 1. The van der Waals surface area contributed by atoms with Crippen molar-refractivity contribution in [2.45, 2.75) is 0 Å². The number of nitrogen functional groups attached to an aromatic ring is 1. The van der Waals surface area contributed by atoms with Gasteiger partial charge in [0.1, 0.15) is 11.6 Å². The summed E-state index contributed by atoms with van der Waals surface area (Å²) >= 11 is 0. The van der Waals surface area contributed by atoms with Crippen molar-refractivity contribution in [1.82, 2.24) is 10.2 Å². The normalized spacial score (nSPS) is 13.8. The minimum Gasteiger partial charge on any atom is -0.482 e. The molecule has 0 aliphatic carbocycles. The van der Waals surface area contributed by atoms with Gasteiger partial charge in [-0.05, 0) is 17.7 Å². The van der Waals surface area contributed by atoms with Crippen LogP contribution < -0.4 is 15.8 Å². The Morgan fingerprint density at radius 1 is 1.41 bits per heavy atom. The lowest BCUT2D eigenvalue weighted by Crippen LogP contribution is -2.25. The number of ether oxygens (including phenoxy) is 1. The molecule has 0 bridgehead atoms. The number of nitrogens with one attached hydrogen (secondary N) is 2. The topological polar surface area (TPSA) is 93.0 Å². The zero-order chi connectivity index (χ0) is 11.8. The average Bonchev–Trinajstić information content (AvgIpc) is 2.74. The summed E-state index contributed by atoms with van der Waals surface area (Å²) in [5, 5.41) is 9.27. The molecule has 2 heterocycles. The highest BCUT2D eigenvalue weighted by Crippen LogP contribution is 2.33. The van der Waals surface area contributed by atoms with Gasteiger partial charge >= 0.3 is 0 Å². The first-order valence-electron chi connectivity index (χ1n) is 5.10. The van der Waals surface area contributed by atoms with E-state index < -0.39 is 0 Å². The molecule has 17 heavy (non-hydrogen) atoms. The summed E-state index contributed by atoms with van der Waals surface area (Å²) in [4.78, 5) is 11.2. The fourth-order valence-corrected chi connectivity index (χ4v) is 1.78. The number of aromatic nitrogens is 2. The number of hydrogen-bond donors (Lipinski definition) is 3. The maximum atomic E-state index is 11.2. The average molecular weight is 230 g/mol. The zero-order valence-corrected chi connectivity index (χ0v) is 8.86. The van der Waals surface area contributed by atoms with Crippen molar-refractivity contribution < 1.29 is 9.53 Å². The van der Waals surface area contributed by atoms with Gasteiger partial charge in [0.25, 0.3) is 5.91 Å². The number of anilines is 2. The molecule has 86 valence electrons. The van der Waals surface area contributed by atoms with E-state index in [9.17, 15) is 4.79 Å². The van der Waals surface area contributed by atoms with E-state index in [4.69, 9.17) is 10.5 Å². The summed E-state index contributed by atoms with van der Waals surface area (Å²) in [7, 11) is 0. The van der Waals surface area contributed by atoms with Gasteiger partial charge in [-0.25, -0.2) is 0 Å². The van der Waals surface area contributed by atoms with Crippen LogP contribution in [0.1, 0.15) is 0 Å². The van der Waals surface area contributed by atoms with Crippen LogP contribution in [0.4, 0.5) is 11.5 Å². The van der Waals surface area contributed by atoms with Crippen molar-refractivity contribution in [2.24, 2.45) is 0 Å². The smallest absolute Gasteiger partial charge is 0.262 e. The third kappa shape index (κ3) is 1.59. The monoisotopic (exact) mass is 230 g/mol. The van der Waals surface area contributed by atoms with Gasteiger partial charge in [-0.2, -0.15) is 5.10 Å². The fourth-order valence-electron chi connectivity index (χ4n) is 1.78. The quantitative estimate of drug-likeness (QED) is 0.681. The van der Waals surface area contributed by atoms with Crippen LogP contribution in [0.5, 0.6) is 5.75 Å². The predicted octanol–water partition coefficient (Wildman–Crippen LogP) is 0.990. The summed E-state index contributed by atoms with van der Waals surface area (Å²) < 4.78 is 5.27. The number of nitrogens with two attached hydrogens (primary N) is 1. The van der Waals surface area contributed by atoms with Gasteiger partial charge in [0.05, 0.1) is 11.9 Å². The predicted molar refractivity (Wildman–Crippen MR) is 62.6 cm³/mol. The van der Waals surface area contributed by atoms with Crippen LogP contribution in [0.25, 0.3) is 11.1 Å². The Bertz CT molecular complexity index is 591. The third-order valence-electron chi connectivity index (χ3n) is 2.59. The maximum Gasteiger partial charge on any atom is 0.262 e. The van der Waals surface area contributed by atoms with Crippen LogP contribution in [0.2, 0.25) is 0 Å². The lowest BCUT2D eigenvalue weighted by Gasteiger charge is -2.18. The SMILES string of the molecule is Nc1[nH]ncc1-c1ccc2c(c1)NC(=O)CO2. The molecule has 4 N–H and O–H groups in total. The lowest BCUT2D eigenvalue weighted by atomic mass is 10.1. The van der Waals surface area contributed by atoms with Gasteiger partial charge < -0.3 is 15.8 Å². The van der Waals surface area contributed by atoms with E-state index in [1.165, 1.54) is 0 Å². The van der Waals surface area contributed by atoms with Gasteiger partial charge in [0.15, 0.2) is 6.61 Å². The van der Waals surface area contributed by atoms with E-state index in [-0.39, 0.29) is 12.5 Å². The Labute approximate surface area is 96.8 Å². The molecule has 1 aliphatic rings. The standard InChI is InChI=1S/C11H10N4O2/c12-11-7(4-13-15-11)6-1-2-9-8(3-6)14-10(16)5-17-9/h1-4H,5H2,(H,14,16)(H3,12,13,15). The van der Waals surface area contributed by atoms with Crippen LogP contribution >= 0.6 is 0 Å². The number of fused-ring (bicyclic) bond motifs is 1. The van der Waals surface area contributed by atoms with E-state index in [1.807, 2.05) is 12.1 Å². The van der Waals surface area contributed by atoms with E-state index >= 15 is 0 Å². The molecule has 0 spiro atoms. The van der Waals surface area contributed by atoms with Crippen LogP contribution in [-0.2, 0) is 4.79 Å². The Hall–Kier alpha value is -2.50. The molecule has 0 atom stereocenters. The number of H-pyrrole nitrogens is 1. The fraction of sp³-hybridized carbons (Fsp3) is 0.0909. The van der Waals surface area contributed by atoms with E-state index in [2.05, 4.69) is 15.5 Å². The van der Waals surface area contributed by atoms with Crippen molar-refractivity contribution in [3.63, 3.8) is 0 Å². The number of carbonyl (C=O) groups excluding carboxylic acids is 1. The van der Waals surface area contributed by atoms with Gasteiger partial charge in [-0.1, -0.05) is 6.07 Å². The molecule has 0 radical (unpaired) electrons. The second-order valence-electron chi connectivity index (χ2n) is 3.75. The third-order valence-corrected chi connectivity index (χ3v) is 2.59. The van der Waals surface area contributed by atoms with Gasteiger partial charge in [0.2, 0.25) is 0 Å². The highest BCUT2D eigenvalue weighted by molar-refractivity contribution is 5.96. The second-order valence-corrected chi connectivity index (χ2v) is 3.75. The van der Waals surface area contributed by atoms with E-state index in [1.54, 1.807) is 12.3 Å². The molecule has 2 aromatic rings. The van der Waals surface area contributed by atoms with E-state index in [0.717, 1.165) is 11.1 Å². The Morgan fingerprint density at radius 2 is 2.29 bits per heavy atom. The second kappa shape index (κ2) is 3.51. The number of nitrogens with zero attached hydrogens (tertiary/aromatic N) is 1. The van der Waals surface area contributed by atoms with Crippen molar-refractivity contribution in [3.05, 3.63) is 24.4 Å². The summed E-state index contributed by atoms with van der Waals surface area (Å²) in [6.45, 7) is 0.0557. The lowest BCUT2D eigenvalue weighted by molar-refractivity contribution is -0.118. The molecular formula is C11H10N4O2. The number of aromatic amines is 1. The van der Waals surface area contributed by atoms with Crippen LogP contribution in [0.15, 0.2) is 24.4 Å². The molecule has 0 saturated carbocycles. The molecule has 6 nitrogen and oxygen atoms in total. The molecule has 1 aromatic heterocycles. The first-order valence-corrected chi connectivity index (χ1v) is 5.10. The molecule has 0 unspecified atom stereocenters. The van der Waals surface area contributed by atoms with Crippen molar-refractivity contribution in [3.8, 4) is 16.9 Å². The number of amides is 1. The minimum atomic E-state index is -0.158. The Balaban J connectivity index is 2.06. The summed E-state index contributed by atoms with van der Waals surface area (Å²) in [6, 6.07) is 5.49. The molecule has 1 amide bonds. The molecule has 0 fully saturated rings. The van der Waals surface area contributed by atoms with Crippen molar-refractivity contribution >= 4 is 17.4 Å². The maximum absolute atomic E-state index is 11.2.